The third kappa shape index (κ3) is 7.65. The molecule has 0 N–H and O–H groups in total. The number of benzene rings is 3. The summed E-state index contributed by atoms with van der Waals surface area (Å²) in [4.78, 5) is 2.44. The first-order valence-electron chi connectivity index (χ1n) is 9.09. The van der Waals surface area contributed by atoms with Gasteiger partial charge < -0.3 is 0 Å². The minimum Gasteiger partial charge on any atom is -0.292 e. The van der Waals surface area contributed by atoms with Crippen LogP contribution in [0, 0.1) is 0 Å². The average Bonchev–Trinajstić information content (AvgIpc) is 2.70. The summed E-state index contributed by atoms with van der Waals surface area (Å²) < 4.78 is 0. The van der Waals surface area contributed by atoms with Gasteiger partial charge in [-0.05, 0) is 16.7 Å². The highest BCUT2D eigenvalue weighted by molar-refractivity contribution is 5.85. The molecule has 1 nitrogen and oxygen atoms in total. The predicted molar refractivity (Wildman–Crippen MR) is 120 cm³/mol. The molecule has 0 aliphatic rings. The molecule has 0 amide bonds. The summed E-state index contributed by atoms with van der Waals surface area (Å²) in [6, 6.07) is 31.6. The summed E-state index contributed by atoms with van der Waals surface area (Å²) in [7, 11) is 0. The second kappa shape index (κ2) is 11.9. The minimum absolute atomic E-state index is 0. The van der Waals surface area contributed by atoms with E-state index in [0.29, 0.717) is 0 Å². The van der Waals surface area contributed by atoms with Crippen LogP contribution in [0.15, 0.2) is 103 Å². The van der Waals surface area contributed by atoms with Crippen LogP contribution in [0.3, 0.4) is 0 Å². The molecule has 0 bridgehead atoms. The summed E-state index contributed by atoms with van der Waals surface area (Å²) in [5, 5.41) is 0. The summed E-state index contributed by atoms with van der Waals surface area (Å²) in [5.41, 5.74) is 3.83. The van der Waals surface area contributed by atoms with Gasteiger partial charge in [0.25, 0.3) is 0 Å². The number of hydrogen-bond donors (Lipinski definition) is 0. The zero-order valence-corrected chi connectivity index (χ0v) is 16.3. The summed E-state index contributed by atoms with van der Waals surface area (Å²) in [6.07, 6.45) is 8.88. The topological polar surface area (TPSA) is 3.24 Å². The van der Waals surface area contributed by atoms with Crippen LogP contribution in [-0.4, -0.2) is 18.0 Å². The van der Waals surface area contributed by atoms with Crippen molar-refractivity contribution in [2.24, 2.45) is 0 Å². The van der Waals surface area contributed by atoms with Gasteiger partial charge in [-0.25, -0.2) is 0 Å². The molecule has 27 heavy (non-hydrogen) atoms. The van der Waals surface area contributed by atoms with Crippen LogP contribution in [-0.2, 0) is 6.54 Å². The van der Waals surface area contributed by atoms with Gasteiger partial charge in [-0.1, -0.05) is 115 Å². The molecule has 0 aliphatic heterocycles. The molecule has 3 rings (SSSR count). The monoisotopic (exact) mass is 375 g/mol. The molecule has 0 unspecified atom stereocenters. The maximum Gasteiger partial charge on any atom is 0.0240 e. The zero-order valence-electron chi connectivity index (χ0n) is 15.4. The molecule has 2 heteroatoms. The van der Waals surface area contributed by atoms with Gasteiger partial charge in [-0.2, -0.15) is 0 Å². The van der Waals surface area contributed by atoms with Crippen molar-refractivity contribution >= 4 is 24.6 Å². The Hall–Kier alpha value is -2.61. The lowest BCUT2D eigenvalue weighted by atomic mass is 10.2. The molecule has 0 heterocycles. The molecule has 0 saturated heterocycles. The molecule has 0 saturated carbocycles. The molecule has 0 fully saturated rings. The maximum atomic E-state index is 2.44. The van der Waals surface area contributed by atoms with E-state index in [2.05, 4.69) is 108 Å². The Morgan fingerprint density at radius 1 is 0.556 bits per heavy atom. The predicted octanol–water partition coefficient (Wildman–Crippen LogP) is 6.34. The van der Waals surface area contributed by atoms with Crippen LogP contribution < -0.4 is 0 Å². The van der Waals surface area contributed by atoms with Crippen molar-refractivity contribution in [1.82, 2.24) is 4.90 Å². The van der Waals surface area contributed by atoms with E-state index < -0.39 is 0 Å². The number of rotatable bonds is 8. The minimum atomic E-state index is 0. The smallest absolute Gasteiger partial charge is 0.0240 e. The SMILES string of the molecule is C(=C\c1ccccc1)/CN(C/C=C/c1ccccc1)Cc1ccccc1.Cl. The fourth-order valence-corrected chi connectivity index (χ4v) is 2.85. The first kappa shape index (κ1) is 20.7. The van der Waals surface area contributed by atoms with E-state index >= 15 is 0 Å². The lowest BCUT2D eigenvalue weighted by Gasteiger charge is -2.19. The summed E-state index contributed by atoms with van der Waals surface area (Å²) >= 11 is 0. The number of halogens is 1. The van der Waals surface area contributed by atoms with Crippen LogP contribution in [0.4, 0.5) is 0 Å². The van der Waals surface area contributed by atoms with Gasteiger partial charge in [0.1, 0.15) is 0 Å². The molecule has 0 spiro atoms. The van der Waals surface area contributed by atoms with Crippen molar-refractivity contribution in [2.45, 2.75) is 6.54 Å². The molecule has 3 aromatic rings. The second-order valence-corrected chi connectivity index (χ2v) is 6.31. The zero-order chi connectivity index (χ0) is 17.9. The van der Waals surface area contributed by atoms with Crippen molar-refractivity contribution in [3.8, 4) is 0 Å². The standard InChI is InChI=1S/C25H25N.ClH/c1-4-12-23(13-5-1)18-10-20-26(22-25-16-8-3-9-17-25)21-11-19-24-14-6-2-7-15-24;/h1-19H,20-22H2;1H/b18-10+,19-11+;. The molecule has 0 aliphatic carbocycles. The van der Waals surface area contributed by atoms with Gasteiger partial charge in [0.15, 0.2) is 0 Å². The quantitative estimate of drug-likeness (QED) is 0.444. The van der Waals surface area contributed by atoms with E-state index in [-0.39, 0.29) is 12.4 Å². The normalized spacial score (nSPS) is 11.1. The largest absolute Gasteiger partial charge is 0.292 e. The van der Waals surface area contributed by atoms with Crippen molar-refractivity contribution in [3.05, 3.63) is 120 Å². The fourth-order valence-electron chi connectivity index (χ4n) is 2.85. The van der Waals surface area contributed by atoms with E-state index in [4.69, 9.17) is 0 Å². The van der Waals surface area contributed by atoms with Crippen LogP contribution >= 0.6 is 12.4 Å². The van der Waals surface area contributed by atoms with Gasteiger partial charge in [-0.3, -0.25) is 4.90 Å². The van der Waals surface area contributed by atoms with Gasteiger partial charge in [0.05, 0.1) is 0 Å². The fraction of sp³-hybridized carbons (Fsp3) is 0.120. The van der Waals surface area contributed by atoms with Crippen molar-refractivity contribution in [3.63, 3.8) is 0 Å². The Balaban J connectivity index is 0.00000261. The lowest BCUT2D eigenvalue weighted by Crippen LogP contribution is -2.23. The third-order valence-electron chi connectivity index (χ3n) is 4.20. The molecule has 0 atom stereocenters. The molecular weight excluding hydrogens is 350 g/mol. The Labute approximate surface area is 169 Å². The van der Waals surface area contributed by atoms with Crippen molar-refractivity contribution in [1.29, 1.82) is 0 Å². The maximum absolute atomic E-state index is 2.44. The van der Waals surface area contributed by atoms with E-state index in [9.17, 15) is 0 Å². The second-order valence-electron chi connectivity index (χ2n) is 6.31. The van der Waals surface area contributed by atoms with E-state index in [0.717, 1.165) is 19.6 Å². The highest BCUT2D eigenvalue weighted by Gasteiger charge is 2.02. The summed E-state index contributed by atoms with van der Waals surface area (Å²) in [6.45, 7) is 2.78. The average molecular weight is 376 g/mol. The highest BCUT2D eigenvalue weighted by Crippen LogP contribution is 2.08. The Morgan fingerprint density at radius 2 is 0.963 bits per heavy atom. The van der Waals surface area contributed by atoms with E-state index in [1.54, 1.807) is 0 Å². The molecule has 138 valence electrons. The molecule has 0 aromatic heterocycles. The van der Waals surface area contributed by atoms with Crippen LogP contribution in [0.1, 0.15) is 16.7 Å². The van der Waals surface area contributed by atoms with Gasteiger partial charge in [0, 0.05) is 19.6 Å². The Bertz CT molecular complexity index is 759. The van der Waals surface area contributed by atoms with Crippen LogP contribution in [0.5, 0.6) is 0 Å². The molecular formula is C25H26ClN. The third-order valence-corrected chi connectivity index (χ3v) is 4.20. The van der Waals surface area contributed by atoms with Crippen LogP contribution in [0.25, 0.3) is 12.2 Å². The first-order valence-corrected chi connectivity index (χ1v) is 9.09. The molecule has 3 aromatic carbocycles. The first-order chi connectivity index (χ1) is 12.9. The highest BCUT2D eigenvalue weighted by atomic mass is 35.5. The van der Waals surface area contributed by atoms with E-state index in [1.165, 1.54) is 16.7 Å². The lowest BCUT2D eigenvalue weighted by molar-refractivity contribution is 0.328. The van der Waals surface area contributed by atoms with Crippen molar-refractivity contribution in [2.75, 3.05) is 13.1 Å². The summed E-state index contributed by atoms with van der Waals surface area (Å²) in [5.74, 6) is 0. The van der Waals surface area contributed by atoms with Gasteiger partial charge in [-0.15, -0.1) is 12.4 Å². The molecule has 0 radical (unpaired) electrons. The number of nitrogens with zero attached hydrogens (tertiary/aromatic N) is 1. The Morgan fingerprint density at radius 3 is 1.41 bits per heavy atom. The van der Waals surface area contributed by atoms with Crippen LogP contribution in [0.2, 0.25) is 0 Å². The Kier molecular flexibility index (Phi) is 9.12. The van der Waals surface area contributed by atoms with Gasteiger partial charge in [0.2, 0.25) is 0 Å². The van der Waals surface area contributed by atoms with Gasteiger partial charge >= 0.3 is 0 Å². The van der Waals surface area contributed by atoms with Crippen molar-refractivity contribution < 1.29 is 0 Å². The van der Waals surface area contributed by atoms with E-state index in [1.807, 2.05) is 12.1 Å². The number of hydrogen-bond acceptors (Lipinski definition) is 1.